The van der Waals surface area contributed by atoms with Crippen molar-refractivity contribution in [2.45, 2.75) is 13.1 Å². The van der Waals surface area contributed by atoms with Gasteiger partial charge >= 0.3 is 0 Å². The summed E-state index contributed by atoms with van der Waals surface area (Å²) in [6.07, 6.45) is 1.39. The molecule has 2 aliphatic rings. The molecule has 1 saturated heterocycles. The lowest BCUT2D eigenvalue weighted by Gasteiger charge is -2.22. The molecule has 0 spiro atoms. The number of ether oxygens (including phenoxy) is 1. The average molecular weight is 562 g/mol. The number of nitrogens with one attached hydrogen (secondary N) is 1. The number of fused-ring (bicyclic) bond motifs is 1. The van der Waals surface area contributed by atoms with Crippen LogP contribution < -0.4 is 9.80 Å². The van der Waals surface area contributed by atoms with Gasteiger partial charge in [0.05, 0.1) is 21.3 Å². The molecule has 0 unspecified atom stereocenters. The number of hydrogen-bond acceptors (Lipinski definition) is 8. The van der Waals surface area contributed by atoms with Gasteiger partial charge in [-0.05, 0) is 41.5 Å². The monoisotopic (exact) mass is 561 g/mol. The van der Waals surface area contributed by atoms with E-state index in [-0.39, 0.29) is 35.4 Å². The Hall–Kier alpha value is -3.52. The molecule has 2 amide bonds. The molecular formula is C23H20ClN5O6S2. The van der Waals surface area contributed by atoms with E-state index < -0.39 is 27.8 Å². The minimum atomic E-state index is -4.65. The van der Waals surface area contributed by atoms with Gasteiger partial charge in [-0.1, -0.05) is 23.7 Å². The van der Waals surface area contributed by atoms with Crippen LogP contribution in [0, 0.1) is 5.41 Å². The predicted molar refractivity (Wildman–Crippen MR) is 138 cm³/mol. The zero-order valence-electron chi connectivity index (χ0n) is 19.1. The van der Waals surface area contributed by atoms with Crippen molar-refractivity contribution in [3.8, 4) is 0 Å². The highest BCUT2D eigenvalue weighted by molar-refractivity contribution is 7.85. The SMILES string of the molecule is N=C1OCCN1c1cccc(CN2Cc3ccnc(N(CS(=O)(=O)O)C(=O)c4ccc(Cl)s4)c3C2=O)c1. The van der Waals surface area contributed by atoms with Crippen molar-refractivity contribution in [3.05, 3.63) is 74.6 Å². The number of rotatable bonds is 7. The van der Waals surface area contributed by atoms with E-state index in [2.05, 4.69) is 4.98 Å². The third-order valence-corrected chi connectivity index (χ3v) is 7.65. The summed E-state index contributed by atoms with van der Waals surface area (Å²) in [6.45, 7) is 1.43. The van der Waals surface area contributed by atoms with Crippen molar-refractivity contribution < 1.29 is 27.3 Å². The lowest BCUT2D eigenvalue weighted by atomic mass is 10.1. The molecule has 3 aromatic rings. The quantitative estimate of drug-likeness (QED) is 0.418. The molecule has 2 aromatic heterocycles. The molecule has 0 bridgehead atoms. The summed E-state index contributed by atoms with van der Waals surface area (Å²) in [7, 11) is -4.65. The first kappa shape index (κ1) is 25.1. The first-order valence-corrected chi connectivity index (χ1v) is 13.8. The largest absolute Gasteiger partial charge is 0.463 e. The third-order valence-electron chi connectivity index (χ3n) is 5.85. The molecule has 2 aliphatic heterocycles. The number of thiophene rings is 1. The van der Waals surface area contributed by atoms with Gasteiger partial charge in [0.15, 0.2) is 5.88 Å². The zero-order valence-corrected chi connectivity index (χ0v) is 21.5. The van der Waals surface area contributed by atoms with Crippen LogP contribution in [0.5, 0.6) is 0 Å². The summed E-state index contributed by atoms with van der Waals surface area (Å²) >= 11 is 6.88. The molecular weight excluding hydrogens is 542 g/mol. The van der Waals surface area contributed by atoms with Gasteiger partial charge < -0.3 is 9.64 Å². The lowest BCUT2D eigenvalue weighted by molar-refractivity contribution is 0.0767. The second-order valence-corrected chi connectivity index (χ2v) is 11.5. The number of hydrogen-bond donors (Lipinski definition) is 2. The van der Waals surface area contributed by atoms with Crippen LogP contribution >= 0.6 is 22.9 Å². The molecule has 11 nitrogen and oxygen atoms in total. The zero-order chi connectivity index (χ0) is 26.3. The normalized spacial score (nSPS) is 15.2. The van der Waals surface area contributed by atoms with Crippen LogP contribution in [0.15, 0.2) is 48.7 Å². The van der Waals surface area contributed by atoms with Crippen LogP contribution in [0.3, 0.4) is 0 Å². The number of benzene rings is 1. The molecule has 0 saturated carbocycles. The molecule has 192 valence electrons. The van der Waals surface area contributed by atoms with Crippen molar-refractivity contribution in [1.29, 1.82) is 5.41 Å². The van der Waals surface area contributed by atoms with Gasteiger partial charge in [0.1, 0.15) is 12.4 Å². The van der Waals surface area contributed by atoms with Crippen LogP contribution in [0.2, 0.25) is 4.34 Å². The maximum absolute atomic E-state index is 13.5. The molecule has 0 radical (unpaired) electrons. The van der Waals surface area contributed by atoms with Gasteiger partial charge in [-0.3, -0.25) is 29.4 Å². The first-order valence-electron chi connectivity index (χ1n) is 11.0. The van der Waals surface area contributed by atoms with Crippen LogP contribution in [0.1, 0.15) is 31.2 Å². The lowest BCUT2D eigenvalue weighted by Crippen LogP contribution is -2.37. The highest BCUT2D eigenvalue weighted by Gasteiger charge is 2.36. The van der Waals surface area contributed by atoms with Gasteiger partial charge in [0, 0.05) is 25.0 Å². The maximum Gasteiger partial charge on any atom is 0.289 e. The van der Waals surface area contributed by atoms with Crippen molar-refractivity contribution in [2.75, 3.05) is 28.8 Å². The average Bonchev–Trinajstić information content (AvgIpc) is 3.56. The van der Waals surface area contributed by atoms with Gasteiger partial charge in [0.2, 0.25) is 0 Å². The molecule has 2 N–H and O–H groups in total. The van der Waals surface area contributed by atoms with Crippen molar-refractivity contribution >= 4 is 62.4 Å². The Labute approximate surface area is 221 Å². The third kappa shape index (κ3) is 5.16. The highest BCUT2D eigenvalue weighted by atomic mass is 35.5. The fourth-order valence-electron chi connectivity index (χ4n) is 4.27. The Kier molecular flexibility index (Phi) is 6.62. The van der Waals surface area contributed by atoms with E-state index >= 15 is 0 Å². The summed E-state index contributed by atoms with van der Waals surface area (Å²) < 4.78 is 38.7. The molecule has 0 atom stereocenters. The van der Waals surface area contributed by atoms with Crippen molar-refractivity contribution in [1.82, 2.24) is 9.88 Å². The number of anilines is 2. The number of halogens is 1. The van der Waals surface area contributed by atoms with E-state index in [0.717, 1.165) is 27.5 Å². The number of nitrogens with zero attached hydrogens (tertiary/aromatic N) is 4. The van der Waals surface area contributed by atoms with Crippen LogP contribution in [0.4, 0.5) is 11.5 Å². The summed E-state index contributed by atoms with van der Waals surface area (Å²) in [5.74, 6) is -2.43. The molecule has 0 aliphatic carbocycles. The van der Waals surface area contributed by atoms with E-state index in [1.165, 1.54) is 18.3 Å². The van der Waals surface area contributed by atoms with Gasteiger partial charge in [-0.2, -0.15) is 8.42 Å². The molecule has 1 fully saturated rings. The van der Waals surface area contributed by atoms with E-state index in [0.29, 0.717) is 23.1 Å². The number of pyridine rings is 1. The number of amides is 2. The fourth-order valence-corrected chi connectivity index (χ4v) is 5.82. The molecule has 4 heterocycles. The number of carbonyl (C=O) groups excluding carboxylic acids is 2. The van der Waals surface area contributed by atoms with E-state index in [9.17, 15) is 22.6 Å². The minimum absolute atomic E-state index is 0.0631. The van der Waals surface area contributed by atoms with Gasteiger partial charge in [0.25, 0.3) is 28.0 Å². The van der Waals surface area contributed by atoms with E-state index in [4.69, 9.17) is 21.7 Å². The summed E-state index contributed by atoms with van der Waals surface area (Å²) in [5, 5.41) is 7.91. The Bertz CT molecular complexity index is 1530. The molecule has 14 heteroatoms. The standard InChI is InChI=1S/C23H20ClN5O6S2/c24-18-5-4-17(36-18)21(30)29(13-37(32,33)34)20-19-15(6-7-26-20)12-27(22(19)31)11-14-2-1-3-16(10-14)28-8-9-35-23(28)25/h1-7,10,25H,8-9,11-13H2,(H,32,33,34). The van der Waals surface area contributed by atoms with Gasteiger partial charge in [-0.15, -0.1) is 11.3 Å². The Morgan fingerprint density at radius 1 is 1.27 bits per heavy atom. The second-order valence-electron chi connectivity index (χ2n) is 8.35. The Morgan fingerprint density at radius 3 is 2.76 bits per heavy atom. The predicted octanol–water partition coefficient (Wildman–Crippen LogP) is 3.22. The Morgan fingerprint density at radius 2 is 2.08 bits per heavy atom. The highest BCUT2D eigenvalue weighted by Crippen LogP contribution is 2.33. The van der Waals surface area contributed by atoms with E-state index in [1.54, 1.807) is 15.9 Å². The van der Waals surface area contributed by atoms with E-state index in [1.807, 2.05) is 24.3 Å². The van der Waals surface area contributed by atoms with Gasteiger partial charge in [-0.25, -0.2) is 4.98 Å². The summed E-state index contributed by atoms with van der Waals surface area (Å²) in [5.41, 5.74) is 2.24. The second kappa shape index (κ2) is 9.74. The number of carbonyl (C=O) groups is 2. The molecule has 5 rings (SSSR count). The topological polar surface area (TPSA) is 144 Å². The maximum atomic E-state index is 13.5. The number of aromatic nitrogens is 1. The van der Waals surface area contributed by atoms with Crippen molar-refractivity contribution in [3.63, 3.8) is 0 Å². The fraction of sp³-hybridized carbons (Fsp3) is 0.217. The molecule has 37 heavy (non-hydrogen) atoms. The summed E-state index contributed by atoms with van der Waals surface area (Å²) in [6, 6.07) is 12.0. The summed E-state index contributed by atoms with van der Waals surface area (Å²) in [4.78, 5) is 35.1. The smallest absolute Gasteiger partial charge is 0.289 e. The first-order chi connectivity index (χ1) is 17.6. The van der Waals surface area contributed by atoms with Crippen LogP contribution in [0.25, 0.3) is 0 Å². The minimum Gasteiger partial charge on any atom is -0.463 e. The van der Waals surface area contributed by atoms with Crippen LogP contribution in [-0.4, -0.2) is 59.7 Å². The molecule has 1 aromatic carbocycles. The van der Waals surface area contributed by atoms with Crippen molar-refractivity contribution in [2.24, 2.45) is 0 Å². The number of amidine groups is 1. The Balaban J connectivity index is 1.45. The van der Waals surface area contributed by atoms with Crippen LogP contribution in [-0.2, 0) is 27.9 Å².